The van der Waals surface area contributed by atoms with Crippen LogP contribution in [-0.2, 0) is 4.74 Å². The van der Waals surface area contributed by atoms with E-state index in [9.17, 15) is 4.39 Å². The summed E-state index contributed by atoms with van der Waals surface area (Å²) in [7, 11) is 1.71. The van der Waals surface area contributed by atoms with Gasteiger partial charge in [-0.2, -0.15) is 0 Å². The van der Waals surface area contributed by atoms with Gasteiger partial charge in [0, 0.05) is 7.11 Å². The highest BCUT2D eigenvalue weighted by Crippen LogP contribution is 2.44. The summed E-state index contributed by atoms with van der Waals surface area (Å²) in [5.41, 5.74) is 4.19. The Bertz CT molecular complexity index is 399. The van der Waals surface area contributed by atoms with Crippen LogP contribution >= 0.6 is 0 Å². The molecule has 1 aliphatic carbocycles. The molecule has 0 amide bonds. The largest absolute Gasteiger partial charge is 0.376 e. The Hall–Kier alpha value is -0.970. The van der Waals surface area contributed by atoms with Crippen LogP contribution in [0.25, 0.3) is 0 Å². The lowest BCUT2D eigenvalue weighted by Crippen LogP contribution is -2.52. The maximum atomic E-state index is 13.3. The van der Waals surface area contributed by atoms with Gasteiger partial charge in [0.15, 0.2) is 0 Å². The van der Waals surface area contributed by atoms with E-state index in [1.54, 1.807) is 20.1 Å². The van der Waals surface area contributed by atoms with Gasteiger partial charge in [-0.15, -0.1) is 0 Å². The molecule has 0 spiro atoms. The fourth-order valence-corrected chi connectivity index (χ4v) is 2.54. The van der Waals surface area contributed by atoms with Crippen LogP contribution in [-0.4, -0.2) is 12.7 Å². The first-order chi connectivity index (χ1) is 8.13. The van der Waals surface area contributed by atoms with Gasteiger partial charge in [0.1, 0.15) is 5.82 Å². The highest BCUT2D eigenvalue weighted by atomic mass is 19.1. The smallest absolute Gasteiger partial charge is 0.126 e. The normalized spacial score (nSPS) is 19.8. The Morgan fingerprint density at radius 2 is 2.18 bits per heavy atom. The Morgan fingerprint density at radius 3 is 2.59 bits per heavy atom. The molecule has 0 aliphatic heterocycles. The summed E-state index contributed by atoms with van der Waals surface area (Å²) < 4.78 is 18.9. The van der Waals surface area contributed by atoms with Gasteiger partial charge in [-0.3, -0.25) is 11.3 Å². The molecule has 0 saturated heterocycles. The lowest BCUT2D eigenvalue weighted by Gasteiger charge is -2.46. The fraction of sp³-hybridized carbons (Fsp3) is 0.538. The standard InChI is InChI=1S/C13H19FN2O/c1-9-8-10(4-5-11(9)14)12(16-15)13(17-2)6-3-7-13/h4-5,8,12,16H,3,6-7,15H2,1-2H3. The van der Waals surface area contributed by atoms with Crippen LogP contribution in [0.3, 0.4) is 0 Å². The fourth-order valence-electron chi connectivity index (χ4n) is 2.54. The third-order valence-electron chi connectivity index (χ3n) is 3.81. The monoisotopic (exact) mass is 238 g/mol. The molecule has 1 saturated carbocycles. The van der Waals surface area contributed by atoms with Crippen molar-refractivity contribution >= 4 is 0 Å². The molecule has 1 aliphatic rings. The molecule has 3 N–H and O–H groups in total. The Morgan fingerprint density at radius 1 is 1.47 bits per heavy atom. The number of hydrogen-bond donors (Lipinski definition) is 2. The van der Waals surface area contributed by atoms with Crippen LogP contribution in [0.15, 0.2) is 18.2 Å². The molecule has 17 heavy (non-hydrogen) atoms. The van der Waals surface area contributed by atoms with Crippen molar-refractivity contribution < 1.29 is 9.13 Å². The van der Waals surface area contributed by atoms with Crippen LogP contribution in [0.2, 0.25) is 0 Å². The van der Waals surface area contributed by atoms with E-state index < -0.39 is 0 Å². The zero-order valence-electron chi connectivity index (χ0n) is 10.3. The summed E-state index contributed by atoms with van der Waals surface area (Å²) in [6.07, 6.45) is 3.11. The third kappa shape index (κ3) is 2.08. The molecular weight excluding hydrogens is 219 g/mol. The minimum atomic E-state index is -0.237. The molecule has 0 radical (unpaired) electrons. The zero-order chi connectivity index (χ0) is 12.5. The molecule has 0 heterocycles. The van der Waals surface area contributed by atoms with Crippen molar-refractivity contribution in [2.24, 2.45) is 5.84 Å². The van der Waals surface area contributed by atoms with Crippen LogP contribution < -0.4 is 11.3 Å². The maximum Gasteiger partial charge on any atom is 0.126 e. The zero-order valence-corrected chi connectivity index (χ0v) is 10.3. The van der Waals surface area contributed by atoms with E-state index in [0.717, 1.165) is 24.8 Å². The molecule has 0 bridgehead atoms. The van der Waals surface area contributed by atoms with Gasteiger partial charge in [0.25, 0.3) is 0 Å². The van der Waals surface area contributed by atoms with E-state index in [4.69, 9.17) is 10.6 Å². The van der Waals surface area contributed by atoms with Crippen LogP contribution in [0.5, 0.6) is 0 Å². The van der Waals surface area contributed by atoms with Gasteiger partial charge < -0.3 is 4.74 Å². The molecular formula is C13H19FN2O. The first-order valence-corrected chi connectivity index (χ1v) is 5.90. The van der Waals surface area contributed by atoms with E-state index in [1.165, 1.54) is 6.07 Å². The molecule has 2 rings (SSSR count). The Balaban J connectivity index is 2.31. The lowest BCUT2D eigenvalue weighted by atomic mass is 9.72. The van der Waals surface area contributed by atoms with Crippen LogP contribution in [0, 0.1) is 12.7 Å². The minimum absolute atomic E-state index is 0.0828. The van der Waals surface area contributed by atoms with Crippen molar-refractivity contribution in [3.63, 3.8) is 0 Å². The van der Waals surface area contributed by atoms with Crippen molar-refractivity contribution in [2.75, 3.05) is 7.11 Å². The molecule has 1 atom stereocenters. The number of hydrogen-bond acceptors (Lipinski definition) is 3. The van der Waals surface area contributed by atoms with Gasteiger partial charge in [0.2, 0.25) is 0 Å². The Kier molecular flexibility index (Phi) is 3.47. The number of aryl methyl sites for hydroxylation is 1. The first-order valence-electron chi connectivity index (χ1n) is 5.90. The average molecular weight is 238 g/mol. The van der Waals surface area contributed by atoms with Gasteiger partial charge in [0.05, 0.1) is 11.6 Å². The van der Waals surface area contributed by atoms with Crippen LogP contribution in [0.4, 0.5) is 4.39 Å². The van der Waals surface area contributed by atoms with Crippen molar-refractivity contribution in [3.8, 4) is 0 Å². The summed E-state index contributed by atoms with van der Waals surface area (Å²) in [6.45, 7) is 1.76. The van der Waals surface area contributed by atoms with E-state index >= 15 is 0 Å². The molecule has 1 unspecified atom stereocenters. The number of rotatable bonds is 4. The number of halogens is 1. The minimum Gasteiger partial charge on any atom is -0.376 e. The number of benzene rings is 1. The van der Waals surface area contributed by atoms with Crippen molar-refractivity contribution in [1.82, 2.24) is 5.43 Å². The van der Waals surface area contributed by atoms with Gasteiger partial charge in [-0.1, -0.05) is 12.1 Å². The molecule has 94 valence electrons. The molecule has 1 fully saturated rings. The summed E-state index contributed by atoms with van der Waals surface area (Å²) in [5.74, 6) is 5.45. The SMILES string of the molecule is COC1(C(NN)c2ccc(F)c(C)c2)CCC1. The second-order valence-electron chi connectivity index (χ2n) is 4.73. The third-order valence-corrected chi connectivity index (χ3v) is 3.81. The van der Waals surface area contributed by atoms with Crippen molar-refractivity contribution in [3.05, 3.63) is 35.1 Å². The number of methoxy groups -OCH3 is 1. The van der Waals surface area contributed by atoms with Crippen molar-refractivity contribution in [1.29, 1.82) is 0 Å². The number of hydrazine groups is 1. The summed E-state index contributed by atoms with van der Waals surface area (Å²) in [5, 5.41) is 0. The van der Waals surface area contributed by atoms with Gasteiger partial charge >= 0.3 is 0 Å². The first kappa shape index (κ1) is 12.5. The quantitative estimate of drug-likeness (QED) is 0.624. The topological polar surface area (TPSA) is 47.3 Å². The number of ether oxygens (including phenoxy) is 1. The molecule has 1 aromatic rings. The van der Waals surface area contributed by atoms with Gasteiger partial charge in [-0.25, -0.2) is 4.39 Å². The van der Waals surface area contributed by atoms with Crippen LogP contribution in [0.1, 0.15) is 36.4 Å². The van der Waals surface area contributed by atoms with E-state index in [-0.39, 0.29) is 17.5 Å². The number of nitrogens with one attached hydrogen (secondary N) is 1. The highest BCUT2D eigenvalue weighted by molar-refractivity contribution is 5.29. The van der Waals surface area contributed by atoms with Crippen molar-refractivity contribution in [2.45, 2.75) is 37.8 Å². The molecule has 1 aromatic carbocycles. The second kappa shape index (κ2) is 4.72. The maximum absolute atomic E-state index is 13.3. The lowest BCUT2D eigenvalue weighted by molar-refractivity contribution is -0.0999. The predicted molar refractivity (Wildman–Crippen MR) is 64.8 cm³/mol. The van der Waals surface area contributed by atoms with E-state index in [1.807, 2.05) is 6.07 Å². The average Bonchev–Trinajstić information content (AvgIpc) is 2.27. The summed E-state index contributed by atoms with van der Waals surface area (Å²) >= 11 is 0. The Labute approximate surface area is 101 Å². The highest BCUT2D eigenvalue weighted by Gasteiger charge is 2.44. The summed E-state index contributed by atoms with van der Waals surface area (Å²) in [6, 6.07) is 5.00. The molecule has 4 heteroatoms. The molecule has 0 aromatic heterocycles. The second-order valence-corrected chi connectivity index (χ2v) is 4.73. The van der Waals surface area contributed by atoms with E-state index in [2.05, 4.69) is 5.43 Å². The van der Waals surface area contributed by atoms with E-state index in [0.29, 0.717) is 5.56 Å². The molecule has 3 nitrogen and oxygen atoms in total. The number of nitrogens with two attached hydrogens (primary N) is 1. The van der Waals surface area contributed by atoms with Gasteiger partial charge in [-0.05, 0) is 43.4 Å². The predicted octanol–water partition coefficient (Wildman–Crippen LogP) is 2.21. The summed E-state index contributed by atoms with van der Waals surface area (Å²) in [4.78, 5) is 0.